The second-order valence-corrected chi connectivity index (χ2v) is 6.76. The van der Waals surface area contributed by atoms with Crippen LogP contribution in [0, 0.1) is 17.3 Å². The minimum Gasteiger partial charge on any atom is -0.481 e. The Hall–Kier alpha value is -1.30. The lowest BCUT2D eigenvalue weighted by Crippen LogP contribution is -2.48. The molecule has 1 aliphatic heterocycles. The highest BCUT2D eigenvalue weighted by atomic mass is 16.4. The fourth-order valence-corrected chi connectivity index (χ4v) is 3.35. The summed E-state index contributed by atoms with van der Waals surface area (Å²) in [4.78, 5) is 25.5. The van der Waals surface area contributed by atoms with Gasteiger partial charge in [0.1, 0.15) is 0 Å². The van der Waals surface area contributed by atoms with Crippen LogP contribution in [0.2, 0.25) is 0 Å². The smallest absolute Gasteiger partial charge is 0.317 e. The Kier molecular flexibility index (Phi) is 5.08. The molecule has 0 aromatic carbocycles. The van der Waals surface area contributed by atoms with E-state index >= 15 is 0 Å². The van der Waals surface area contributed by atoms with Crippen molar-refractivity contribution in [1.82, 2.24) is 10.2 Å². The minimum absolute atomic E-state index is 0.148. The Balaban J connectivity index is 1.88. The van der Waals surface area contributed by atoms with Gasteiger partial charge >= 0.3 is 12.0 Å². The number of carbonyl (C=O) groups is 2. The van der Waals surface area contributed by atoms with Gasteiger partial charge in [-0.1, -0.05) is 6.92 Å². The lowest BCUT2D eigenvalue weighted by molar-refractivity contribution is -0.151. The molecule has 0 aromatic heterocycles. The molecule has 0 spiro atoms. The summed E-state index contributed by atoms with van der Waals surface area (Å²) in [6.07, 6.45) is 4.07. The third-order valence-electron chi connectivity index (χ3n) is 5.17. The lowest BCUT2D eigenvalue weighted by Gasteiger charge is -2.36. The molecule has 1 aliphatic carbocycles. The van der Waals surface area contributed by atoms with Crippen LogP contribution in [0.25, 0.3) is 0 Å². The quantitative estimate of drug-likeness (QED) is 0.728. The molecule has 1 heterocycles. The number of carbonyl (C=O) groups excluding carboxylic acids is 1. The highest BCUT2D eigenvalue weighted by molar-refractivity contribution is 5.78. The first kappa shape index (κ1) is 16.1. The van der Waals surface area contributed by atoms with Crippen molar-refractivity contribution in [1.29, 1.82) is 0 Å². The second kappa shape index (κ2) is 6.64. The molecule has 0 aromatic rings. The number of amides is 2. The van der Waals surface area contributed by atoms with Crippen molar-refractivity contribution in [3.8, 4) is 0 Å². The van der Waals surface area contributed by atoms with Crippen LogP contribution in [0.1, 0.15) is 39.0 Å². The van der Waals surface area contributed by atoms with E-state index < -0.39 is 11.4 Å². The molecular weight excluding hydrogens is 270 g/mol. The number of hydrogen-bond acceptors (Lipinski definition) is 3. The summed E-state index contributed by atoms with van der Waals surface area (Å²) in [6, 6.07) is -0.148. The van der Waals surface area contributed by atoms with Crippen LogP contribution in [0.5, 0.6) is 0 Å². The minimum atomic E-state index is -0.783. The number of nitrogens with two attached hydrogens (primary N) is 1. The summed E-state index contributed by atoms with van der Waals surface area (Å²) >= 11 is 0. The van der Waals surface area contributed by atoms with Crippen LogP contribution in [0.3, 0.4) is 0 Å². The Morgan fingerprint density at radius 3 is 2.52 bits per heavy atom. The average Bonchev–Trinajstić information content (AvgIpc) is 2.95. The number of likely N-dealkylation sites (tertiary alicyclic amines) is 1. The summed E-state index contributed by atoms with van der Waals surface area (Å²) in [5.41, 5.74) is 4.84. The Labute approximate surface area is 126 Å². The summed E-state index contributed by atoms with van der Waals surface area (Å²) < 4.78 is 0. The van der Waals surface area contributed by atoms with Crippen molar-refractivity contribution in [3.63, 3.8) is 0 Å². The first-order valence-corrected chi connectivity index (χ1v) is 7.93. The van der Waals surface area contributed by atoms with Crippen LogP contribution in [0.4, 0.5) is 4.79 Å². The summed E-state index contributed by atoms with van der Waals surface area (Å²) in [7, 11) is 0. The Morgan fingerprint density at radius 1 is 1.33 bits per heavy atom. The molecule has 0 radical (unpaired) electrons. The van der Waals surface area contributed by atoms with Crippen LogP contribution in [-0.2, 0) is 4.79 Å². The fraction of sp³-hybridized carbons (Fsp3) is 0.867. The van der Waals surface area contributed by atoms with Gasteiger partial charge in [0.05, 0.1) is 5.41 Å². The first-order chi connectivity index (χ1) is 9.97. The molecule has 2 rings (SSSR count). The van der Waals surface area contributed by atoms with Crippen LogP contribution in [-0.4, -0.2) is 48.2 Å². The van der Waals surface area contributed by atoms with Gasteiger partial charge in [-0.3, -0.25) is 4.79 Å². The average molecular weight is 297 g/mol. The maximum absolute atomic E-state index is 12.2. The van der Waals surface area contributed by atoms with Gasteiger partial charge in [-0.05, 0) is 50.5 Å². The predicted octanol–water partition coefficient (Wildman–Crippen LogP) is 1.26. The van der Waals surface area contributed by atoms with Gasteiger partial charge in [0.2, 0.25) is 0 Å². The fourth-order valence-electron chi connectivity index (χ4n) is 3.35. The number of carboxylic acid groups (broad SMARTS) is 1. The number of nitrogens with zero attached hydrogens (tertiary/aromatic N) is 1. The van der Waals surface area contributed by atoms with E-state index in [2.05, 4.69) is 12.2 Å². The predicted molar refractivity (Wildman–Crippen MR) is 79.8 cm³/mol. The van der Waals surface area contributed by atoms with Crippen LogP contribution < -0.4 is 11.1 Å². The molecule has 21 heavy (non-hydrogen) atoms. The van der Waals surface area contributed by atoms with E-state index in [4.69, 9.17) is 5.73 Å². The third-order valence-corrected chi connectivity index (χ3v) is 5.17. The van der Waals surface area contributed by atoms with E-state index in [0.29, 0.717) is 44.3 Å². The van der Waals surface area contributed by atoms with Crippen molar-refractivity contribution >= 4 is 12.0 Å². The SMILES string of the molecule is CC1CCC(CNC(=O)N2CCC(CN)C2)(C(=O)O)CC1. The maximum atomic E-state index is 12.2. The molecule has 1 unspecified atom stereocenters. The lowest BCUT2D eigenvalue weighted by atomic mass is 9.71. The summed E-state index contributed by atoms with van der Waals surface area (Å²) in [6.45, 7) is 4.38. The molecule has 2 aliphatic rings. The van der Waals surface area contributed by atoms with Gasteiger partial charge in [0, 0.05) is 19.6 Å². The van der Waals surface area contributed by atoms with Gasteiger partial charge in [-0.15, -0.1) is 0 Å². The Morgan fingerprint density at radius 2 is 2.00 bits per heavy atom. The number of nitrogens with one attached hydrogen (secondary N) is 1. The van der Waals surface area contributed by atoms with Crippen molar-refractivity contribution in [2.45, 2.75) is 39.0 Å². The van der Waals surface area contributed by atoms with Crippen molar-refractivity contribution in [2.75, 3.05) is 26.2 Å². The van der Waals surface area contributed by atoms with E-state index in [0.717, 1.165) is 19.3 Å². The summed E-state index contributed by atoms with van der Waals surface area (Å²) in [5, 5.41) is 12.4. The molecule has 1 saturated heterocycles. The first-order valence-electron chi connectivity index (χ1n) is 7.93. The molecule has 6 heteroatoms. The normalized spacial score (nSPS) is 33.0. The van der Waals surface area contributed by atoms with E-state index in [1.54, 1.807) is 4.90 Å². The molecule has 1 saturated carbocycles. The number of hydrogen-bond donors (Lipinski definition) is 3. The summed E-state index contributed by atoms with van der Waals surface area (Å²) in [5.74, 6) is 0.174. The highest BCUT2D eigenvalue weighted by Crippen LogP contribution is 2.38. The number of rotatable bonds is 4. The molecule has 1 atom stereocenters. The largest absolute Gasteiger partial charge is 0.481 e. The van der Waals surface area contributed by atoms with Crippen molar-refractivity contribution in [3.05, 3.63) is 0 Å². The molecule has 4 N–H and O–H groups in total. The third kappa shape index (κ3) is 3.67. The zero-order valence-corrected chi connectivity index (χ0v) is 12.8. The topological polar surface area (TPSA) is 95.7 Å². The standard InChI is InChI=1S/C15H27N3O3/c1-11-2-5-15(6-3-11,13(19)20)10-17-14(21)18-7-4-12(8-16)9-18/h11-12H,2-10,16H2,1H3,(H,17,21)(H,19,20). The highest BCUT2D eigenvalue weighted by Gasteiger charge is 2.41. The maximum Gasteiger partial charge on any atom is 0.317 e. The number of carboxylic acids is 1. The van der Waals surface area contributed by atoms with Crippen LogP contribution in [0.15, 0.2) is 0 Å². The van der Waals surface area contributed by atoms with E-state index in [1.165, 1.54) is 0 Å². The molecular formula is C15H27N3O3. The van der Waals surface area contributed by atoms with Crippen LogP contribution >= 0.6 is 0 Å². The van der Waals surface area contributed by atoms with Gasteiger partial charge in [-0.2, -0.15) is 0 Å². The second-order valence-electron chi connectivity index (χ2n) is 6.76. The van der Waals surface area contributed by atoms with Crippen molar-refractivity contribution in [2.24, 2.45) is 23.0 Å². The molecule has 2 amide bonds. The van der Waals surface area contributed by atoms with E-state index in [1.807, 2.05) is 0 Å². The van der Waals surface area contributed by atoms with E-state index in [-0.39, 0.29) is 12.6 Å². The molecule has 2 fully saturated rings. The zero-order chi connectivity index (χ0) is 15.5. The number of urea groups is 1. The molecule has 0 bridgehead atoms. The molecule has 120 valence electrons. The molecule has 6 nitrogen and oxygen atoms in total. The number of aliphatic carboxylic acids is 1. The van der Waals surface area contributed by atoms with Gasteiger partial charge < -0.3 is 21.1 Å². The van der Waals surface area contributed by atoms with Gasteiger partial charge in [0.15, 0.2) is 0 Å². The van der Waals surface area contributed by atoms with Gasteiger partial charge in [-0.25, -0.2) is 4.79 Å². The zero-order valence-electron chi connectivity index (χ0n) is 12.8. The van der Waals surface area contributed by atoms with Gasteiger partial charge in [0.25, 0.3) is 0 Å². The Bertz CT molecular complexity index is 392. The van der Waals surface area contributed by atoms with Crippen molar-refractivity contribution < 1.29 is 14.7 Å². The monoisotopic (exact) mass is 297 g/mol. The van der Waals surface area contributed by atoms with E-state index in [9.17, 15) is 14.7 Å².